The van der Waals surface area contributed by atoms with E-state index in [-0.39, 0.29) is 17.9 Å². The van der Waals surface area contributed by atoms with Gasteiger partial charge in [-0.2, -0.15) is 5.10 Å². The number of carbonyl (C=O) groups is 2. The summed E-state index contributed by atoms with van der Waals surface area (Å²) < 4.78 is 0. The van der Waals surface area contributed by atoms with Crippen molar-refractivity contribution >= 4 is 11.8 Å². The summed E-state index contributed by atoms with van der Waals surface area (Å²) in [5.74, 6) is 0.216. The monoisotopic (exact) mass is 302 g/mol. The Labute approximate surface area is 130 Å². The lowest BCUT2D eigenvalue weighted by Gasteiger charge is -2.36. The maximum absolute atomic E-state index is 12.6. The van der Waals surface area contributed by atoms with Gasteiger partial charge in [0.1, 0.15) is 0 Å². The van der Waals surface area contributed by atoms with Crippen molar-refractivity contribution in [2.24, 2.45) is 0 Å². The van der Waals surface area contributed by atoms with Crippen molar-refractivity contribution in [3.8, 4) is 0 Å². The summed E-state index contributed by atoms with van der Waals surface area (Å²) in [5.41, 5.74) is 0.409. The van der Waals surface area contributed by atoms with Crippen LogP contribution in [0.5, 0.6) is 0 Å². The van der Waals surface area contributed by atoms with Gasteiger partial charge in [0.2, 0.25) is 5.91 Å². The summed E-state index contributed by atoms with van der Waals surface area (Å²) in [6.07, 6.45) is 7.25. The van der Waals surface area contributed by atoms with Crippen LogP contribution in [-0.2, 0) is 4.79 Å². The average molecular weight is 302 g/mol. The van der Waals surface area contributed by atoms with E-state index in [9.17, 15) is 9.59 Å². The van der Waals surface area contributed by atoms with Crippen LogP contribution in [0.4, 0.5) is 0 Å². The summed E-state index contributed by atoms with van der Waals surface area (Å²) >= 11 is 0. The maximum atomic E-state index is 12.6. The first kappa shape index (κ1) is 14.9. The molecule has 2 fully saturated rings. The van der Waals surface area contributed by atoms with Gasteiger partial charge in [0, 0.05) is 38.3 Å². The number of hydrogen-bond donors (Lipinski definition) is 0. The summed E-state index contributed by atoms with van der Waals surface area (Å²) in [7, 11) is 0. The molecule has 1 aromatic rings. The van der Waals surface area contributed by atoms with Gasteiger partial charge in [-0.1, -0.05) is 0 Å². The minimum absolute atomic E-state index is 0.0365. The zero-order valence-electron chi connectivity index (χ0n) is 12.8. The molecule has 0 N–H and O–H groups in total. The van der Waals surface area contributed by atoms with Crippen LogP contribution in [0.25, 0.3) is 0 Å². The lowest BCUT2D eigenvalue weighted by molar-refractivity contribution is -0.127. The zero-order valence-corrected chi connectivity index (χ0v) is 12.8. The molecule has 1 atom stereocenters. The third-order valence-electron chi connectivity index (χ3n) is 4.58. The SMILES string of the molecule is O=C1CCCN1CC[C@@H]1CCCCN1C(=O)c1cccnn1. The Hall–Kier alpha value is -1.98. The van der Waals surface area contributed by atoms with Crippen molar-refractivity contribution in [3.63, 3.8) is 0 Å². The van der Waals surface area contributed by atoms with Crippen LogP contribution in [-0.4, -0.2) is 57.5 Å². The molecular formula is C16H22N4O2. The predicted molar refractivity (Wildman–Crippen MR) is 81.1 cm³/mol. The fourth-order valence-electron chi connectivity index (χ4n) is 3.38. The molecule has 0 radical (unpaired) electrons. The zero-order chi connectivity index (χ0) is 15.4. The van der Waals surface area contributed by atoms with Gasteiger partial charge < -0.3 is 9.80 Å². The lowest BCUT2D eigenvalue weighted by Crippen LogP contribution is -2.45. The summed E-state index contributed by atoms with van der Waals surface area (Å²) in [4.78, 5) is 28.2. The van der Waals surface area contributed by atoms with Gasteiger partial charge in [-0.3, -0.25) is 9.59 Å². The topological polar surface area (TPSA) is 66.4 Å². The largest absolute Gasteiger partial charge is 0.343 e. The van der Waals surface area contributed by atoms with Crippen molar-refractivity contribution in [2.75, 3.05) is 19.6 Å². The standard InChI is InChI=1S/C16H22N4O2/c21-15-7-4-10-19(15)12-8-13-5-1-2-11-20(13)16(22)14-6-3-9-17-18-14/h3,6,9,13H,1-2,4-5,7-8,10-12H2/t13-/m0/s1. The van der Waals surface area contributed by atoms with Gasteiger partial charge in [0.05, 0.1) is 0 Å². The van der Waals surface area contributed by atoms with E-state index in [1.807, 2.05) is 9.80 Å². The Balaban J connectivity index is 1.63. The summed E-state index contributed by atoms with van der Waals surface area (Å²) in [5, 5.41) is 7.73. The number of piperidine rings is 1. The Morgan fingerprint density at radius 1 is 1.27 bits per heavy atom. The van der Waals surface area contributed by atoms with Gasteiger partial charge >= 0.3 is 0 Å². The molecule has 0 aliphatic carbocycles. The number of amides is 2. The second kappa shape index (κ2) is 6.85. The first-order chi connectivity index (χ1) is 10.8. The minimum Gasteiger partial charge on any atom is -0.343 e. The maximum Gasteiger partial charge on any atom is 0.274 e. The Kier molecular flexibility index (Phi) is 4.65. The van der Waals surface area contributed by atoms with Gasteiger partial charge in [-0.05, 0) is 44.2 Å². The summed E-state index contributed by atoms with van der Waals surface area (Å²) in [6, 6.07) is 3.66. The highest BCUT2D eigenvalue weighted by Crippen LogP contribution is 2.22. The number of aromatic nitrogens is 2. The molecule has 0 spiro atoms. The smallest absolute Gasteiger partial charge is 0.274 e. The van der Waals surface area contributed by atoms with Crippen molar-refractivity contribution < 1.29 is 9.59 Å². The number of rotatable bonds is 4. The number of carbonyl (C=O) groups excluding carboxylic acids is 2. The fourth-order valence-corrected chi connectivity index (χ4v) is 3.38. The lowest BCUT2D eigenvalue weighted by atomic mass is 9.98. The third-order valence-corrected chi connectivity index (χ3v) is 4.58. The molecule has 0 aromatic carbocycles. The fraction of sp³-hybridized carbons (Fsp3) is 0.625. The Morgan fingerprint density at radius 2 is 2.18 bits per heavy atom. The van der Waals surface area contributed by atoms with Crippen LogP contribution in [0.2, 0.25) is 0 Å². The molecule has 118 valence electrons. The molecule has 2 saturated heterocycles. The second-order valence-corrected chi connectivity index (χ2v) is 6.03. The molecule has 0 bridgehead atoms. The number of likely N-dealkylation sites (tertiary alicyclic amines) is 2. The van der Waals surface area contributed by atoms with E-state index in [1.165, 1.54) is 0 Å². The van der Waals surface area contributed by atoms with E-state index in [1.54, 1.807) is 18.3 Å². The van der Waals surface area contributed by atoms with Gasteiger partial charge in [-0.25, -0.2) is 0 Å². The van der Waals surface area contributed by atoms with Crippen LogP contribution >= 0.6 is 0 Å². The molecule has 0 saturated carbocycles. The molecule has 1 aromatic heterocycles. The Bertz CT molecular complexity index is 534. The Morgan fingerprint density at radius 3 is 2.91 bits per heavy atom. The minimum atomic E-state index is -0.0365. The van der Waals surface area contributed by atoms with E-state index in [0.717, 1.165) is 51.7 Å². The molecule has 3 heterocycles. The van der Waals surface area contributed by atoms with Crippen LogP contribution in [0, 0.1) is 0 Å². The van der Waals surface area contributed by atoms with Crippen molar-refractivity contribution in [3.05, 3.63) is 24.0 Å². The normalized spacial score (nSPS) is 22.2. The van der Waals surface area contributed by atoms with E-state index >= 15 is 0 Å². The average Bonchev–Trinajstić information content (AvgIpc) is 2.98. The van der Waals surface area contributed by atoms with Gasteiger partial charge in [0.15, 0.2) is 5.69 Å². The van der Waals surface area contributed by atoms with Crippen LogP contribution in [0.15, 0.2) is 18.3 Å². The van der Waals surface area contributed by atoms with Gasteiger partial charge in [-0.15, -0.1) is 5.10 Å². The van der Waals surface area contributed by atoms with E-state index in [4.69, 9.17) is 0 Å². The van der Waals surface area contributed by atoms with Crippen LogP contribution in [0.1, 0.15) is 49.0 Å². The second-order valence-electron chi connectivity index (χ2n) is 6.03. The van der Waals surface area contributed by atoms with Gasteiger partial charge in [0.25, 0.3) is 5.91 Å². The van der Waals surface area contributed by atoms with Crippen molar-refractivity contribution in [1.82, 2.24) is 20.0 Å². The molecule has 2 aliphatic heterocycles. The molecule has 6 nitrogen and oxygen atoms in total. The number of nitrogens with zero attached hydrogens (tertiary/aromatic N) is 4. The predicted octanol–water partition coefficient (Wildman–Crippen LogP) is 1.48. The molecule has 3 rings (SSSR count). The first-order valence-corrected chi connectivity index (χ1v) is 8.12. The molecule has 2 aliphatic rings. The summed E-state index contributed by atoms with van der Waals surface area (Å²) in [6.45, 7) is 2.39. The first-order valence-electron chi connectivity index (χ1n) is 8.12. The van der Waals surface area contributed by atoms with Crippen molar-refractivity contribution in [2.45, 2.75) is 44.6 Å². The van der Waals surface area contributed by atoms with E-state index in [2.05, 4.69) is 10.2 Å². The van der Waals surface area contributed by atoms with Crippen LogP contribution < -0.4 is 0 Å². The molecule has 2 amide bonds. The van der Waals surface area contributed by atoms with Crippen LogP contribution in [0.3, 0.4) is 0 Å². The quantitative estimate of drug-likeness (QED) is 0.845. The molecular weight excluding hydrogens is 280 g/mol. The number of hydrogen-bond acceptors (Lipinski definition) is 4. The highest BCUT2D eigenvalue weighted by atomic mass is 16.2. The third kappa shape index (κ3) is 3.26. The highest BCUT2D eigenvalue weighted by Gasteiger charge is 2.29. The molecule has 22 heavy (non-hydrogen) atoms. The molecule has 6 heteroatoms. The highest BCUT2D eigenvalue weighted by molar-refractivity contribution is 5.92. The van der Waals surface area contributed by atoms with E-state index < -0.39 is 0 Å². The van der Waals surface area contributed by atoms with Crippen molar-refractivity contribution in [1.29, 1.82) is 0 Å². The van der Waals surface area contributed by atoms with E-state index in [0.29, 0.717) is 12.1 Å². The molecule has 0 unspecified atom stereocenters.